The van der Waals surface area contributed by atoms with Gasteiger partial charge in [0.15, 0.2) is 17.5 Å². The Kier molecular flexibility index (Phi) is 7.39. The highest BCUT2D eigenvalue weighted by molar-refractivity contribution is 8.00. The average molecular weight is 337 g/mol. The van der Waals surface area contributed by atoms with Gasteiger partial charge in [-0.1, -0.05) is 6.07 Å². The first-order valence-corrected chi connectivity index (χ1v) is 9.17. The molecule has 1 aliphatic heterocycles. The maximum atomic E-state index is 5.54. The minimum atomic E-state index is 0.629. The van der Waals surface area contributed by atoms with Crippen LogP contribution in [-0.4, -0.2) is 44.3 Å². The summed E-state index contributed by atoms with van der Waals surface area (Å²) in [7, 11) is 3.46. The van der Waals surface area contributed by atoms with Crippen LogP contribution >= 0.6 is 11.8 Å². The molecule has 0 saturated carbocycles. The molecule has 2 N–H and O–H groups in total. The van der Waals surface area contributed by atoms with Crippen molar-refractivity contribution in [3.05, 3.63) is 23.8 Å². The molecule has 0 radical (unpaired) electrons. The summed E-state index contributed by atoms with van der Waals surface area (Å²) in [5.74, 6) is 3.66. The van der Waals surface area contributed by atoms with Gasteiger partial charge in [0.1, 0.15) is 0 Å². The number of hydrogen-bond acceptors (Lipinski definition) is 4. The minimum absolute atomic E-state index is 0.629. The maximum Gasteiger partial charge on any atom is 0.191 e. The number of methoxy groups -OCH3 is 1. The monoisotopic (exact) mass is 337 g/mol. The maximum absolute atomic E-state index is 5.54. The van der Waals surface area contributed by atoms with Gasteiger partial charge in [-0.3, -0.25) is 4.99 Å². The molecule has 1 fully saturated rings. The van der Waals surface area contributed by atoms with E-state index in [1.807, 2.05) is 36.9 Å². The number of nitrogens with one attached hydrogen (secondary N) is 2. The summed E-state index contributed by atoms with van der Waals surface area (Å²) in [6.07, 6.45) is 2.62. The normalized spacial score (nSPS) is 17.9. The molecule has 0 bridgehead atoms. The predicted molar refractivity (Wildman–Crippen MR) is 97.8 cm³/mol. The molecule has 1 heterocycles. The highest BCUT2D eigenvalue weighted by Crippen LogP contribution is 2.28. The molecule has 1 aliphatic rings. The molecule has 128 valence electrons. The van der Waals surface area contributed by atoms with Gasteiger partial charge in [-0.15, -0.1) is 0 Å². The Bertz CT molecular complexity index is 517. The number of guanidine groups is 1. The number of ether oxygens (including phenoxy) is 2. The van der Waals surface area contributed by atoms with Crippen LogP contribution in [0.5, 0.6) is 11.5 Å². The average Bonchev–Trinajstić information content (AvgIpc) is 3.09. The Labute approximate surface area is 143 Å². The van der Waals surface area contributed by atoms with E-state index in [2.05, 4.69) is 15.6 Å². The molecular weight excluding hydrogens is 310 g/mol. The number of aliphatic imine (C=N–C) groups is 1. The van der Waals surface area contributed by atoms with Crippen LogP contribution in [-0.2, 0) is 6.54 Å². The van der Waals surface area contributed by atoms with Crippen molar-refractivity contribution in [3.8, 4) is 11.5 Å². The van der Waals surface area contributed by atoms with E-state index >= 15 is 0 Å². The zero-order chi connectivity index (χ0) is 16.5. The van der Waals surface area contributed by atoms with Gasteiger partial charge < -0.3 is 20.1 Å². The lowest BCUT2D eigenvalue weighted by atomic mass is 10.2. The van der Waals surface area contributed by atoms with E-state index in [1.165, 1.54) is 18.6 Å². The second-order valence-corrected chi connectivity index (χ2v) is 6.77. The van der Waals surface area contributed by atoms with Crippen molar-refractivity contribution in [2.75, 3.05) is 33.1 Å². The molecule has 0 aliphatic carbocycles. The van der Waals surface area contributed by atoms with Crippen molar-refractivity contribution in [2.24, 2.45) is 4.99 Å². The first-order chi connectivity index (χ1) is 11.3. The molecule has 0 spiro atoms. The van der Waals surface area contributed by atoms with Crippen LogP contribution in [0, 0.1) is 0 Å². The van der Waals surface area contributed by atoms with Gasteiger partial charge >= 0.3 is 0 Å². The summed E-state index contributed by atoms with van der Waals surface area (Å²) in [6, 6.07) is 5.99. The number of hydrogen-bond donors (Lipinski definition) is 2. The van der Waals surface area contributed by atoms with Crippen LogP contribution in [0.1, 0.15) is 25.3 Å². The van der Waals surface area contributed by atoms with Crippen LogP contribution < -0.4 is 20.1 Å². The fourth-order valence-electron chi connectivity index (χ4n) is 2.52. The van der Waals surface area contributed by atoms with Gasteiger partial charge in [-0.25, -0.2) is 0 Å². The molecular formula is C17H27N3O2S. The molecule has 0 amide bonds. The van der Waals surface area contributed by atoms with Gasteiger partial charge in [0.2, 0.25) is 0 Å². The molecule has 23 heavy (non-hydrogen) atoms. The van der Waals surface area contributed by atoms with Crippen LogP contribution in [0.25, 0.3) is 0 Å². The highest BCUT2D eigenvalue weighted by atomic mass is 32.2. The molecule has 1 saturated heterocycles. The molecule has 1 aromatic rings. The van der Waals surface area contributed by atoms with Crippen molar-refractivity contribution >= 4 is 17.7 Å². The number of thioether (sulfide) groups is 1. The summed E-state index contributed by atoms with van der Waals surface area (Å²) < 4.78 is 10.9. The Morgan fingerprint density at radius 3 is 2.87 bits per heavy atom. The molecule has 1 unspecified atom stereocenters. The van der Waals surface area contributed by atoms with Crippen molar-refractivity contribution in [2.45, 2.75) is 31.6 Å². The van der Waals surface area contributed by atoms with Crippen LogP contribution in [0.15, 0.2) is 23.2 Å². The smallest absolute Gasteiger partial charge is 0.191 e. The first-order valence-electron chi connectivity index (χ1n) is 8.12. The molecule has 5 nitrogen and oxygen atoms in total. The predicted octanol–water partition coefficient (Wildman–Crippen LogP) is 2.65. The Morgan fingerprint density at radius 2 is 2.22 bits per heavy atom. The number of benzene rings is 1. The van der Waals surface area contributed by atoms with Gasteiger partial charge in [0.25, 0.3) is 0 Å². The third-order valence-corrected chi connectivity index (χ3v) is 5.13. The minimum Gasteiger partial charge on any atom is -0.493 e. The largest absolute Gasteiger partial charge is 0.493 e. The second-order valence-electron chi connectivity index (χ2n) is 5.36. The Hall–Kier alpha value is -1.56. The van der Waals surface area contributed by atoms with E-state index < -0.39 is 0 Å². The summed E-state index contributed by atoms with van der Waals surface area (Å²) >= 11 is 2.04. The fourth-order valence-corrected chi connectivity index (χ4v) is 3.72. The topological polar surface area (TPSA) is 54.9 Å². The molecule has 1 atom stereocenters. The van der Waals surface area contributed by atoms with Crippen LogP contribution in [0.2, 0.25) is 0 Å². The van der Waals surface area contributed by atoms with Gasteiger partial charge in [0.05, 0.1) is 13.7 Å². The first kappa shape index (κ1) is 17.8. The molecule has 2 rings (SSSR count). The summed E-state index contributed by atoms with van der Waals surface area (Å²) in [5.41, 5.74) is 1.13. The zero-order valence-corrected chi connectivity index (χ0v) is 15.0. The lowest BCUT2D eigenvalue weighted by Crippen LogP contribution is -2.39. The summed E-state index contributed by atoms with van der Waals surface area (Å²) in [5, 5.41) is 7.46. The van der Waals surface area contributed by atoms with E-state index in [9.17, 15) is 0 Å². The van der Waals surface area contributed by atoms with Crippen molar-refractivity contribution in [3.63, 3.8) is 0 Å². The molecule has 6 heteroatoms. The van der Waals surface area contributed by atoms with Crippen LogP contribution in [0.4, 0.5) is 0 Å². The SMILES string of the molecule is CCOc1ccc(CNC(=NC)NCC2CCCS2)cc1OC. The third-order valence-electron chi connectivity index (χ3n) is 3.73. The van der Waals surface area contributed by atoms with Crippen molar-refractivity contribution in [1.29, 1.82) is 0 Å². The lowest BCUT2D eigenvalue weighted by molar-refractivity contribution is 0.310. The van der Waals surface area contributed by atoms with Gasteiger partial charge in [-0.05, 0) is 43.2 Å². The molecule has 1 aromatic carbocycles. The van der Waals surface area contributed by atoms with Crippen LogP contribution in [0.3, 0.4) is 0 Å². The number of nitrogens with zero attached hydrogens (tertiary/aromatic N) is 1. The highest BCUT2D eigenvalue weighted by Gasteiger charge is 2.15. The molecule has 0 aromatic heterocycles. The van der Waals surface area contributed by atoms with E-state index in [4.69, 9.17) is 9.47 Å². The van der Waals surface area contributed by atoms with Crippen molar-refractivity contribution in [1.82, 2.24) is 10.6 Å². The third kappa shape index (κ3) is 5.53. The Balaban J connectivity index is 1.85. The zero-order valence-electron chi connectivity index (χ0n) is 14.2. The number of rotatable bonds is 7. The van der Waals surface area contributed by atoms with Gasteiger partial charge in [-0.2, -0.15) is 11.8 Å². The van der Waals surface area contributed by atoms with Crippen molar-refractivity contribution < 1.29 is 9.47 Å². The Morgan fingerprint density at radius 1 is 1.35 bits per heavy atom. The lowest BCUT2D eigenvalue weighted by Gasteiger charge is -2.15. The quantitative estimate of drug-likeness (QED) is 0.592. The standard InChI is InChI=1S/C17H27N3O2S/c1-4-22-15-8-7-13(10-16(15)21-3)11-19-17(18-2)20-12-14-6-5-9-23-14/h7-8,10,14H,4-6,9,11-12H2,1-3H3,(H2,18,19,20). The summed E-state index contributed by atoms with van der Waals surface area (Å²) in [4.78, 5) is 4.28. The van der Waals surface area contributed by atoms with Gasteiger partial charge in [0, 0.05) is 25.4 Å². The van der Waals surface area contributed by atoms with E-state index in [-0.39, 0.29) is 0 Å². The van der Waals surface area contributed by atoms with E-state index in [0.29, 0.717) is 18.4 Å². The van der Waals surface area contributed by atoms with E-state index in [0.717, 1.165) is 29.6 Å². The summed E-state index contributed by atoms with van der Waals surface area (Å²) in [6.45, 7) is 4.26. The second kappa shape index (κ2) is 9.55. The fraction of sp³-hybridized carbons (Fsp3) is 0.588. The van der Waals surface area contributed by atoms with E-state index in [1.54, 1.807) is 14.2 Å².